The molecule has 0 aromatic heterocycles. The van der Waals surface area contributed by atoms with Crippen molar-refractivity contribution in [1.82, 2.24) is 0 Å². The molecule has 1 aliphatic rings. The third-order valence-electron chi connectivity index (χ3n) is 5.38. The Morgan fingerprint density at radius 2 is 1.30 bits per heavy atom. The van der Waals surface area contributed by atoms with E-state index in [2.05, 4.69) is 18.8 Å². The number of hydrogen-bond acceptors (Lipinski definition) is 5. The van der Waals surface area contributed by atoms with Gasteiger partial charge in [-0.3, -0.25) is 4.99 Å². The standard InChI is InChI=1S/C25H24N2O3/c1-25(2)23(26-15-17-9-3-6-12-20(17)28)19-11-5-8-14-22(19)30-24(25)27-16-18-10-4-7-13-21(18)29/h3-16,23-24,28-29H,1-2H3/b26-15?,27-16+. The Labute approximate surface area is 176 Å². The second-order valence-electron chi connectivity index (χ2n) is 7.91. The number of aromatic hydroxyl groups is 2. The summed E-state index contributed by atoms with van der Waals surface area (Å²) in [6.45, 7) is 4.12. The Balaban J connectivity index is 1.71. The number of nitrogens with zero attached hydrogens (tertiary/aromatic N) is 2. The van der Waals surface area contributed by atoms with Gasteiger partial charge < -0.3 is 14.9 Å². The lowest BCUT2D eigenvalue weighted by Gasteiger charge is -2.41. The predicted octanol–water partition coefficient (Wildman–Crippen LogP) is 5.12. The summed E-state index contributed by atoms with van der Waals surface area (Å²) >= 11 is 0. The van der Waals surface area contributed by atoms with E-state index in [4.69, 9.17) is 9.73 Å². The normalized spacial score (nSPS) is 20.2. The van der Waals surface area contributed by atoms with Gasteiger partial charge in [0, 0.05) is 34.5 Å². The number of hydrogen-bond donors (Lipinski definition) is 2. The minimum Gasteiger partial charge on any atom is -0.507 e. The van der Waals surface area contributed by atoms with Gasteiger partial charge in [0.2, 0.25) is 0 Å². The minimum atomic E-state index is -0.501. The second-order valence-corrected chi connectivity index (χ2v) is 7.91. The van der Waals surface area contributed by atoms with Gasteiger partial charge in [-0.1, -0.05) is 56.3 Å². The first-order valence-corrected chi connectivity index (χ1v) is 9.85. The summed E-state index contributed by atoms with van der Waals surface area (Å²) in [6.07, 6.45) is 2.84. The van der Waals surface area contributed by atoms with E-state index >= 15 is 0 Å². The van der Waals surface area contributed by atoms with Crippen LogP contribution in [0.4, 0.5) is 0 Å². The molecule has 2 unspecified atom stereocenters. The quantitative estimate of drug-likeness (QED) is 0.597. The van der Waals surface area contributed by atoms with Crippen molar-refractivity contribution in [1.29, 1.82) is 0 Å². The maximum absolute atomic E-state index is 10.1. The summed E-state index contributed by atoms with van der Waals surface area (Å²) in [4.78, 5) is 9.50. The van der Waals surface area contributed by atoms with Crippen LogP contribution in [0.1, 0.15) is 36.6 Å². The van der Waals surface area contributed by atoms with Gasteiger partial charge in [0.25, 0.3) is 0 Å². The first-order valence-electron chi connectivity index (χ1n) is 9.85. The summed E-state index contributed by atoms with van der Waals surface area (Å²) in [5.41, 5.74) is 1.79. The van der Waals surface area contributed by atoms with Crippen LogP contribution < -0.4 is 4.74 Å². The molecule has 2 atom stereocenters. The lowest BCUT2D eigenvalue weighted by Crippen LogP contribution is -2.41. The molecule has 3 aromatic carbocycles. The van der Waals surface area contributed by atoms with E-state index < -0.39 is 11.6 Å². The van der Waals surface area contributed by atoms with E-state index in [1.165, 1.54) is 0 Å². The molecule has 0 radical (unpaired) electrons. The molecular weight excluding hydrogens is 376 g/mol. The highest BCUT2D eigenvalue weighted by atomic mass is 16.5. The van der Waals surface area contributed by atoms with E-state index in [1.807, 2.05) is 42.5 Å². The van der Waals surface area contributed by atoms with Crippen molar-refractivity contribution in [2.75, 3.05) is 0 Å². The van der Waals surface area contributed by atoms with Crippen LogP contribution in [0.15, 0.2) is 82.8 Å². The Morgan fingerprint density at radius 3 is 1.93 bits per heavy atom. The number of phenols is 2. The number of aliphatic imine (C=N–C) groups is 2. The van der Waals surface area contributed by atoms with Crippen molar-refractivity contribution in [2.45, 2.75) is 26.1 Å². The van der Waals surface area contributed by atoms with Gasteiger partial charge in [-0.2, -0.15) is 0 Å². The monoisotopic (exact) mass is 400 g/mol. The maximum atomic E-state index is 10.1. The molecule has 2 N–H and O–H groups in total. The average molecular weight is 400 g/mol. The van der Waals surface area contributed by atoms with Crippen molar-refractivity contribution in [3.05, 3.63) is 89.5 Å². The fourth-order valence-corrected chi connectivity index (χ4v) is 3.61. The van der Waals surface area contributed by atoms with Gasteiger partial charge in [-0.15, -0.1) is 0 Å². The minimum absolute atomic E-state index is 0.171. The maximum Gasteiger partial charge on any atom is 0.197 e. The van der Waals surface area contributed by atoms with Gasteiger partial charge in [0.1, 0.15) is 17.2 Å². The molecule has 5 heteroatoms. The average Bonchev–Trinajstić information content (AvgIpc) is 2.73. The van der Waals surface area contributed by atoms with Crippen molar-refractivity contribution < 1.29 is 14.9 Å². The second kappa shape index (κ2) is 8.03. The number of fused-ring (bicyclic) bond motifs is 1. The van der Waals surface area contributed by atoms with Crippen molar-refractivity contribution >= 4 is 12.4 Å². The molecule has 0 amide bonds. The summed E-state index contributed by atoms with van der Waals surface area (Å²) < 4.78 is 6.21. The largest absolute Gasteiger partial charge is 0.507 e. The Kier molecular flexibility index (Phi) is 5.27. The molecule has 152 valence electrons. The molecule has 0 spiro atoms. The highest BCUT2D eigenvalue weighted by Gasteiger charge is 2.44. The molecule has 4 rings (SSSR count). The van der Waals surface area contributed by atoms with E-state index in [1.54, 1.807) is 42.8 Å². The fraction of sp³-hybridized carbons (Fsp3) is 0.200. The lowest BCUT2D eigenvalue weighted by atomic mass is 9.77. The highest BCUT2D eigenvalue weighted by molar-refractivity contribution is 5.84. The SMILES string of the molecule is CC1(C)C(/N=C/c2ccccc2O)Oc2ccccc2C1N=Cc1ccccc1O. The van der Waals surface area contributed by atoms with Crippen LogP contribution in [0.25, 0.3) is 0 Å². The van der Waals surface area contributed by atoms with Gasteiger partial charge in [-0.25, -0.2) is 4.99 Å². The molecule has 3 aromatic rings. The Hall–Kier alpha value is -3.60. The zero-order chi connectivity index (χ0) is 21.1. The first kappa shape index (κ1) is 19.7. The van der Waals surface area contributed by atoms with Crippen LogP contribution in [-0.2, 0) is 0 Å². The zero-order valence-corrected chi connectivity index (χ0v) is 16.9. The van der Waals surface area contributed by atoms with Crippen LogP contribution in [0.3, 0.4) is 0 Å². The van der Waals surface area contributed by atoms with E-state index in [0.717, 1.165) is 11.3 Å². The predicted molar refractivity (Wildman–Crippen MR) is 119 cm³/mol. The molecule has 1 heterocycles. The topological polar surface area (TPSA) is 74.4 Å². The third kappa shape index (κ3) is 3.79. The number of rotatable bonds is 4. The van der Waals surface area contributed by atoms with Crippen LogP contribution in [0.5, 0.6) is 17.2 Å². The molecule has 30 heavy (non-hydrogen) atoms. The van der Waals surface area contributed by atoms with Crippen molar-refractivity contribution in [2.24, 2.45) is 15.4 Å². The van der Waals surface area contributed by atoms with Gasteiger partial charge in [-0.05, 0) is 30.3 Å². The van der Waals surface area contributed by atoms with Gasteiger partial charge in [0.05, 0.1) is 6.04 Å². The zero-order valence-electron chi connectivity index (χ0n) is 16.9. The third-order valence-corrected chi connectivity index (χ3v) is 5.38. The molecule has 1 aliphatic heterocycles. The molecule has 0 aliphatic carbocycles. The molecular formula is C25H24N2O3. The molecule has 0 fully saturated rings. The smallest absolute Gasteiger partial charge is 0.197 e. The van der Waals surface area contributed by atoms with E-state index in [-0.39, 0.29) is 17.5 Å². The van der Waals surface area contributed by atoms with E-state index in [9.17, 15) is 10.2 Å². The molecule has 0 saturated carbocycles. The van der Waals surface area contributed by atoms with Crippen LogP contribution in [0.2, 0.25) is 0 Å². The van der Waals surface area contributed by atoms with Crippen molar-refractivity contribution in [3.8, 4) is 17.2 Å². The number of phenolic OH excluding ortho intramolecular Hbond substituents is 2. The number of para-hydroxylation sites is 3. The van der Waals surface area contributed by atoms with Crippen LogP contribution in [0, 0.1) is 5.41 Å². The van der Waals surface area contributed by atoms with Crippen LogP contribution >= 0.6 is 0 Å². The van der Waals surface area contributed by atoms with E-state index in [0.29, 0.717) is 11.1 Å². The number of benzene rings is 3. The highest BCUT2D eigenvalue weighted by Crippen LogP contribution is 2.49. The Morgan fingerprint density at radius 1 is 0.767 bits per heavy atom. The van der Waals surface area contributed by atoms with Gasteiger partial charge in [0.15, 0.2) is 6.23 Å². The summed E-state index contributed by atoms with van der Waals surface area (Å²) in [6, 6.07) is 21.7. The Bertz CT molecular complexity index is 1100. The fourth-order valence-electron chi connectivity index (χ4n) is 3.61. The number of ether oxygens (including phenoxy) is 1. The summed E-state index contributed by atoms with van der Waals surface area (Å²) in [7, 11) is 0. The molecule has 0 bridgehead atoms. The first-order chi connectivity index (χ1) is 14.5. The van der Waals surface area contributed by atoms with Gasteiger partial charge >= 0.3 is 0 Å². The lowest BCUT2D eigenvalue weighted by molar-refractivity contribution is 0.0378. The molecule has 0 saturated heterocycles. The molecule has 5 nitrogen and oxygen atoms in total. The summed E-state index contributed by atoms with van der Waals surface area (Å²) in [5, 5.41) is 20.1. The summed E-state index contributed by atoms with van der Waals surface area (Å²) in [5.74, 6) is 1.09. The van der Waals surface area contributed by atoms with Crippen molar-refractivity contribution in [3.63, 3.8) is 0 Å². The van der Waals surface area contributed by atoms with Crippen LogP contribution in [-0.4, -0.2) is 28.9 Å².